The molecule has 0 atom stereocenters. The number of rotatable bonds is 10. The van der Waals surface area contributed by atoms with Crippen molar-refractivity contribution in [3.05, 3.63) is 0 Å². The molecule has 0 fully saturated rings. The predicted octanol–water partition coefficient (Wildman–Crippen LogP) is 2.19. The van der Waals surface area contributed by atoms with E-state index >= 15 is 0 Å². The molecule has 0 unspecified atom stereocenters. The molecule has 0 aliphatic rings. The number of carbonyl (C=O) groups is 1. The number of hydrogen-bond acceptors (Lipinski definition) is 6. The first-order valence-electron chi connectivity index (χ1n) is 4.97. The zero-order valence-corrected chi connectivity index (χ0v) is 11.9. The Morgan fingerprint density at radius 3 is 2.88 bits per heavy atom. The predicted molar refractivity (Wildman–Crippen MR) is 74.1 cm³/mol. The number of ether oxygens (including phenoxy) is 1. The number of aliphatic hydroxyl groups is 1. The van der Waals surface area contributed by atoms with Gasteiger partial charge >= 0.3 is 6.09 Å². The molecule has 0 radical (unpaired) electrons. The number of alkyl carbamates (subject to hydrolysis) is 1. The standard InChI is InChI=1S/C9H19NO3S3/c1-14-5-3-2-4-10-9(12)13-7-16-8-15-6-11/h11H,2-8H2,1H3,(H,10,12). The first kappa shape index (κ1) is 16.3. The van der Waals surface area contributed by atoms with E-state index in [0.29, 0.717) is 12.5 Å². The van der Waals surface area contributed by atoms with Crippen LogP contribution < -0.4 is 5.32 Å². The molecule has 0 bridgehead atoms. The number of hydrogen-bond donors (Lipinski definition) is 2. The molecular weight excluding hydrogens is 266 g/mol. The molecule has 7 heteroatoms. The summed E-state index contributed by atoms with van der Waals surface area (Å²) in [7, 11) is 0. The minimum Gasteiger partial charge on any atom is -0.438 e. The number of thioether (sulfide) groups is 3. The topological polar surface area (TPSA) is 58.6 Å². The molecule has 0 aromatic heterocycles. The Hall–Kier alpha value is 0.280. The van der Waals surface area contributed by atoms with Gasteiger partial charge in [0.25, 0.3) is 0 Å². The average molecular weight is 285 g/mol. The molecule has 4 nitrogen and oxygen atoms in total. The zero-order chi connectivity index (χ0) is 12.1. The average Bonchev–Trinajstić information content (AvgIpc) is 2.28. The molecule has 0 spiro atoms. The van der Waals surface area contributed by atoms with Crippen LogP contribution >= 0.6 is 35.3 Å². The molecule has 0 aliphatic heterocycles. The molecule has 0 rings (SSSR count). The maximum atomic E-state index is 11.1. The normalized spacial score (nSPS) is 10.1. The van der Waals surface area contributed by atoms with Crippen molar-refractivity contribution in [3.8, 4) is 0 Å². The number of amides is 1. The number of aliphatic hydroxyl groups excluding tert-OH is 1. The second-order valence-corrected chi connectivity index (χ2v) is 6.07. The summed E-state index contributed by atoms with van der Waals surface area (Å²) >= 11 is 4.67. The van der Waals surface area contributed by atoms with Gasteiger partial charge in [-0.1, -0.05) is 0 Å². The van der Waals surface area contributed by atoms with Gasteiger partial charge in [0.1, 0.15) is 5.94 Å². The lowest BCUT2D eigenvalue weighted by atomic mass is 10.3. The fraction of sp³-hybridized carbons (Fsp3) is 0.889. The zero-order valence-electron chi connectivity index (χ0n) is 9.44. The van der Waals surface area contributed by atoms with Gasteiger partial charge in [-0.15, -0.1) is 23.5 Å². The molecule has 16 heavy (non-hydrogen) atoms. The highest BCUT2D eigenvalue weighted by Gasteiger charge is 2.00. The van der Waals surface area contributed by atoms with Crippen molar-refractivity contribution in [2.75, 3.05) is 35.5 Å². The van der Waals surface area contributed by atoms with Crippen molar-refractivity contribution < 1.29 is 14.6 Å². The number of unbranched alkanes of at least 4 members (excludes halogenated alkanes) is 1. The molecule has 1 amide bonds. The van der Waals surface area contributed by atoms with E-state index < -0.39 is 0 Å². The smallest absolute Gasteiger partial charge is 0.407 e. The molecule has 96 valence electrons. The highest BCUT2D eigenvalue weighted by molar-refractivity contribution is 8.15. The van der Waals surface area contributed by atoms with E-state index in [1.807, 2.05) is 11.8 Å². The van der Waals surface area contributed by atoms with Crippen LogP contribution in [-0.4, -0.2) is 46.7 Å². The van der Waals surface area contributed by atoms with Crippen LogP contribution in [0.1, 0.15) is 12.8 Å². The van der Waals surface area contributed by atoms with Crippen molar-refractivity contribution in [2.45, 2.75) is 12.8 Å². The summed E-state index contributed by atoms with van der Waals surface area (Å²) in [5, 5.41) is 11.9. The van der Waals surface area contributed by atoms with Crippen LogP contribution in [0.4, 0.5) is 4.79 Å². The first-order chi connectivity index (χ1) is 7.81. The summed E-state index contributed by atoms with van der Waals surface area (Å²) in [4.78, 5) is 11.1. The highest BCUT2D eigenvalue weighted by atomic mass is 32.2. The largest absolute Gasteiger partial charge is 0.438 e. The molecule has 0 saturated heterocycles. The Bertz CT molecular complexity index is 156. The number of carbonyl (C=O) groups excluding carboxylic acids is 1. The van der Waals surface area contributed by atoms with Gasteiger partial charge in [-0.2, -0.15) is 11.8 Å². The van der Waals surface area contributed by atoms with Gasteiger partial charge in [-0.05, 0) is 24.9 Å². The lowest BCUT2D eigenvalue weighted by Gasteiger charge is -2.06. The van der Waals surface area contributed by atoms with Crippen LogP contribution in [0.3, 0.4) is 0 Å². The Morgan fingerprint density at radius 2 is 2.19 bits per heavy atom. The fourth-order valence-electron chi connectivity index (χ4n) is 0.838. The molecule has 0 aromatic carbocycles. The third-order valence-electron chi connectivity index (χ3n) is 1.58. The lowest BCUT2D eigenvalue weighted by molar-refractivity contribution is 0.166. The SMILES string of the molecule is CSCCCCNC(=O)OCSCSCO. The van der Waals surface area contributed by atoms with Crippen molar-refractivity contribution >= 4 is 41.4 Å². The first-order valence-corrected chi connectivity index (χ1v) is 8.67. The van der Waals surface area contributed by atoms with Gasteiger partial charge in [0, 0.05) is 11.6 Å². The van der Waals surface area contributed by atoms with Gasteiger partial charge in [0.2, 0.25) is 0 Å². The van der Waals surface area contributed by atoms with Crippen molar-refractivity contribution in [1.29, 1.82) is 0 Å². The summed E-state index contributed by atoms with van der Waals surface area (Å²) in [6.07, 6.45) is 3.82. The van der Waals surface area contributed by atoms with E-state index in [1.54, 1.807) is 0 Å². The summed E-state index contributed by atoms with van der Waals surface area (Å²) in [6.45, 7) is 0.676. The lowest BCUT2D eigenvalue weighted by Crippen LogP contribution is -2.25. The van der Waals surface area contributed by atoms with E-state index in [4.69, 9.17) is 9.84 Å². The summed E-state index contributed by atoms with van der Waals surface area (Å²) in [5.74, 6) is 1.57. The second kappa shape index (κ2) is 13.3. The molecule has 0 aliphatic carbocycles. The van der Waals surface area contributed by atoms with Crippen LogP contribution in [0.15, 0.2) is 0 Å². The summed E-state index contributed by atoms with van der Waals surface area (Å²) in [6, 6.07) is 0. The monoisotopic (exact) mass is 285 g/mol. The van der Waals surface area contributed by atoms with Gasteiger partial charge in [0.05, 0.1) is 5.94 Å². The van der Waals surface area contributed by atoms with E-state index in [-0.39, 0.29) is 12.0 Å². The molecule has 0 heterocycles. The number of nitrogens with one attached hydrogen (secondary N) is 1. The third-order valence-corrected chi connectivity index (χ3v) is 4.07. The summed E-state index contributed by atoms with van der Waals surface area (Å²) in [5.41, 5.74) is 0. The Kier molecular flexibility index (Phi) is 13.6. The van der Waals surface area contributed by atoms with Gasteiger partial charge < -0.3 is 15.2 Å². The van der Waals surface area contributed by atoms with Crippen molar-refractivity contribution in [1.82, 2.24) is 5.32 Å². The Morgan fingerprint density at radius 1 is 1.38 bits per heavy atom. The third kappa shape index (κ3) is 12.4. The summed E-state index contributed by atoms with van der Waals surface area (Å²) < 4.78 is 4.91. The minimum atomic E-state index is -0.356. The van der Waals surface area contributed by atoms with E-state index in [9.17, 15) is 4.79 Å². The maximum Gasteiger partial charge on any atom is 0.407 e. The Labute approximate surface area is 110 Å². The second-order valence-electron chi connectivity index (χ2n) is 2.83. The molecule has 0 aromatic rings. The van der Waals surface area contributed by atoms with Crippen LogP contribution in [-0.2, 0) is 4.74 Å². The van der Waals surface area contributed by atoms with Gasteiger partial charge in [0.15, 0.2) is 0 Å². The van der Waals surface area contributed by atoms with Crippen molar-refractivity contribution in [2.24, 2.45) is 0 Å². The van der Waals surface area contributed by atoms with E-state index in [2.05, 4.69) is 11.6 Å². The van der Waals surface area contributed by atoms with Crippen molar-refractivity contribution in [3.63, 3.8) is 0 Å². The van der Waals surface area contributed by atoms with Crippen LogP contribution in [0.25, 0.3) is 0 Å². The van der Waals surface area contributed by atoms with Crippen LogP contribution in [0.2, 0.25) is 0 Å². The molecule has 2 N–H and O–H groups in total. The molecular formula is C9H19NO3S3. The van der Waals surface area contributed by atoms with Gasteiger partial charge in [-0.3, -0.25) is 0 Å². The van der Waals surface area contributed by atoms with Crippen LogP contribution in [0.5, 0.6) is 0 Å². The minimum absolute atomic E-state index is 0.106. The van der Waals surface area contributed by atoms with E-state index in [0.717, 1.165) is 23.7 Å². The molecule has 0 saturated carbocycles. The van der Waals surface area contributed by atoms with Gasteiger partial charge in [-0.25, -0.2) is 4.79 Å². The fourth-order valence-corrected chi connectivity index (χ4v) is 2.56. The van der Waals surface area contributed by atoms with Crippen LogP contribution in [0, 0.1) is 0 Å². The van der Waals surface area contributed by atoms with E-state index in [1.165, 1.54) is 23.5 Å². The maximum absolute atomic E-state index is 11.1. The Balaban J connectivity index is 3.12. The highest BCUT2D eigenvalue weighted by Crippen LogP contribution is 2.10. The quantitative estimate of drug-likeness (QED) is 0.474.